The van der Waals surface area contributed by atoms with E-state index in [-0.39, 0.29) is 0 Å². The van der Waals surface area contributed by atoms with Crippen molar-refractivity contribution in [3.63, 3.8) is 0 Å². The third-order valence-corrected chi connectivity index (χ3v) is 2.80. The van der Waals surface area contributed by atoms with Crippen LogP contribution in [0.2, 0.25) is 0 Å². The average molecular weight is 208 g/mol. The molecule has 1 aromatic heterocycles. The van der Waals surface area contributed by atoms with Crippen molar-refractivity contribution in [3.8, 4) is 0 Å². The Balaban J connectivity index is 2.14. The quantitative estimate of drug-likeness (QED) is 0.742. The molecular weight excluding hydrogens is 198 g/mol. The zero-order valence-electron chi connectivity index (χ0n) is 8.08. The van der Waals surface area contributed by atoms with Crippen LogP contribution in [0.3, 0.4) is 0 Å². The molecule has 0 bridgehead atoms. The van der Waals surface area contributed by atoms with Crippen LogP contribution in [0.1, 0.15) is 12.8 Å². The first-order valence-electron chi connectivity index (χ1n) is 5.04. The standard InChI is InChI=1S/C11H10F2N2/c12-8-3-10(13)9-5-14-15(11(9)4-8)6-7-1-2-7/h3-5,7H,1-2,6H2. The van der Waals surface area contributed by atoms with Gasteiger partial charge in [-0.3, -0.25) is 4.68 Å². The second-order valence-corrected chi connectivity index (χ2v) is 4.09. The molecule has 2 nitrogen and oxygen atoms in total. The van der Waals surface area contributed by atoms with E-state index < -0.39 is 11.6 Å². The van der Waals surface area contributed by atoms with Crippen molar-refractivity contribution >= 4 is 10.9 Å². The Morgan fingerprint density at radius 2 is 2.13 bits per heavy atom. The van der Waals surface area contributed by atoms with E-state index in [0.29, 0.717) is 16.8 Å². The highest BCUT2D eigenvalue weighted by Crippen LogP contribution is 2.31. The van der Waals surface area contributed by atoms with Crippen molar-refractivity contribution in [1.29, 1.82) is 0 Å². The van der Waals surface area contributed by atoms with E-state index in [1.165, 1.54) is 25.1 Å². The number of fused-ring (bicyclic) bond motifs is 1. The van der Waals surface area contributed by atoms with Crippen LogP contribution in [0.5, 0.6) is 0 Å². The van der Waals surface area contributed by atoms with E-state index >= 15 is 0 Å². The normalized spacial score (nSPS) is 16.1. The average Bonchev–Trinajstić information content (AvgIpc) is 2.89. The van der Waals surface area contributed by atoms with Gasteiger partial charge in [-0.25, -0.2) is 8.78 Å². The number of hydrogen-bond donors (Lipinski definition) is 0. The molecule has 0 unspecified atom stereocenters. The molecule has 0 spiro atoms. The first kappa shape index (κ1) is 8.83. The highest BCUT2D eigenvalue weighted by atomic mass is 19.1. The molecule has 0 aliphatic heterocycles. The Labute approximate surface area is 85.5 Å². The summed E-state index contributed by atoms with van der Waals surface area (Å²) in [6.07, 6.45) is 3.85. The van der Waals surface area contributed by atoms with Gasteiger partial charge in [-0.2, -0.15) is 5.10 Å². The summed E-state index contributed by atoms with van der Waals surface area (Å²) in [5.41, 5.74) is 0.555. The highest BCUT2D eigenvalue weighted by molar-refractivity contribution is 5.79. The maximum absolute atomic E-state index is 13.3. The molecule has 0 amide bonds. The molecule has 0 radical (unpaired) electrons. The molecular formula is C11H10F2N2. The second-order valence-electron chi connectivity index (χ2n) is 4.09. The minimum atomic E-state index is -0.544. The van der Waals surface area contributed by atoms with Gasteiger partial charge >= 0.3 is 0 Å². The molecule has 3 rings (SSSR count). The third kappa shape index (κ3) is 1.50. The molecule has 0 N–H and O–H groups in total. The molecule has 1 heterocycles. The van der Waals surface area contributed by atoms with Crippen molar-refractivity contribution in [2.75, 3.05) is 0 Å². The predicted molar refractivity (Wildman–Crippen MR) is 52.4 cm³/mol. The molecule has 1 aliphatic carbocycles. The van der Waals surface area contributed by atoms with Crippen LogP contribution >= 0.6 is 0 Å². The Morgan fingerprint density at radius 3 is 2.87 bits per heavy atom. The van der Waals surface area contributed by atoms with Gasteiger partial charge in [-0.1, -0.05) is 0 Å². The summed E-state index contributed by atoms with van der Waals surface area (Å²) in [5, 5.41) is 4.49. The van der Waals surface area contributed by atoms with Gasteiger partial charge in [0.1, 0.15) is 11.6 Å². The molecule has 0 saturated heterocycles. The molecule has 0 atom stereocenters. The third-order valence-electron chi connectivity index (χ3n) is 2.80. The molecule has 1 saturated carbocycles. The van der Waals surface area contributed by atoms with E-state index in [1.807, 2.05) is 0 Å². The lowest BCUT2D eigenvalue weighted by atomic mass is 10.2. The monoisotopic (exact) mass is 208 g/mol. The number of benzene rings is 1. The van der Waals surface area contributed by atoms with Gasteiger partial charge in [0.2, 0.25) is 0 Å². The molecule has 78 valence electrons. The maximum atomic E-state index is 13.3. The summed E-state index contributed by atoms with van der Waals surface area (Å²) in [6.45, 7) is 0.770. The Kier molecular flexibility index (Phi) is 1.78. The van der Waals surface area contributed by atoms with Gasteiger partial charge in [0, 0.05) is 12.6 Å². The van der Waals surface area contributed by atoms with Crippen LogP contribution < -0.4 is 0 Å². The Bertz CT molecular complexity index is 515. The zero-order valence-corrected chi connectivity index (χ0v) is 8.08. The van der Waals surface area contributed by atoms with Crippen molar-refractivity contribution in [1.82, 2.24) is 9.78 Å². The summed E-state index contributed by atoms with van der Waals surface area (Å²) in [4.78, 5) is 0. The molecule has 1 aliphatic rings. The van der Waals surface area contributed by atoms with Gasteiger partial charge in [0.05, 0.1) is 17.1 Å². The van der Waals surface area contributed by atoms with Crippen LogP contribution in [0.25, 0.3) is 10.9 Å². The smallest absolute Gasteiger partial charge is 0.137 e. The van der Waals surface area contributed by atoms with Gasteiger partial charge in [0.15, 0.2) is 0 Å². The Hall–Kier alpha value is -1.45. The van der Waals surface area contributed by atoms with E-state index in [2.05, 4.69) is 5.10 Å². The number of hydrogen-bond acceptors (Lipinski definition) is 1. The van der Waals surface area contributed by atoms with Crippen LogP contribution in [-0.4, -0.2) is 9.78 Å². The number of rotatable bonds is 2. The van der Waals surface area contributed by atoms with Crippen molar-refractivity contribution in [2.45, 2.75) is 19.4 Å². The summed E-state index contributed by atoms with van der Waals surface area (Å²) in [5.74, 6) is -0.441. The Morgan fingerprint density at radius 1 is 1.33 bits per heavy atom. The van der Waals surface area contributed by atoms with Crippen molar-refractivity contribution < 1.29 is 8.78 Å². The van der Waals surface area contributed by atoms with Gasteiger partial charge < -0.3 is 0 Å². The van der Waals surface area contributed by atoms with E-state index in [4.69, 9.17) is 0 Å². The molecule has 1 aromatic carbocycles. The summed E-state index contributed by atoms with van der Waals surface area (Å²) < 4.78 is 28.0. The lowest BCUT2D eigenvalue weighted by molar-refractivity contribution is 0.572. The van der Waals surface area contributed by atoms with Crippen molar-refractivity contribution in [3.05, 3.63) is 30.0 Å². The topological polar surface area (TPSA) is 17.8 Å². The van der Waals surface area contributed by atoms with Crippen LogP contribution in [-0.2, 0) is 6.54 Å². The summed E-state index contributed by atoms with van der Waals surface area (Å²) in [6, 6.07) is 2.24. The van der Waals surface area contributed by atoms with Gasteiger partial charge in [0.25, 0.3) is 0 Å². The van der Waals surface area contributed by atoms with E-state index in [0.717, 1.165) is 12.6 Å². The fourth-order valence-electron chi connectivity index (χ4n) is 1.79. The minimum absolute atomic E-state index is 0.400. The first-order chi connectivity index (χ1) is 7.24. The van der Waals surface area contributed by atoms with E-state index in [9.17, 15) is 8.78 Å². The van der Waals surface area contributed by atoms with Gasteiger partial charge in [-0.05, 0) is 24.8 Å². The van der Waals surface area contributed by atoms with Crippen LogP contribution in [0.4, 0.5) is 8.78 Å². The number of aromatic nitrogens is 2. The van der Waals surface area contributed by atoms with Crippen LogP contribution in [0, 0.1) is 17.6 Å². The van der Waals surface area contributed by atoms with Crippen molar-refractivity contribution in [2.24, 2.45) is 5.92 Å². The zero-order chi connectivity index (χ0) is 10.4. The van der Waals surface area contributed by atoms with Crippen LogP contribution in [0.15, 0.2) is 18.3 Å². The maximum Gasteiger partial charge on any atom is 0.137 e. The lowest BCUT2D eigenvalue weighted by Crippen LogP contribution is -2.01. The highest BCUT2D eigenvalue weighted by Gasteiger charge is 2.23. The summed E-state index contributed by atoms with van der Waals surface area (Å²) in [7, 11) is 0. The molecule has 15 heavy (non-hydrogen) atoms. The molecule has 1 fully saturated rings. The largest absolute Gasteiger partial charge is 0.264 e. The lowest BCUT2D eigenvalue weighted by Gasteiger charge is -2.01. The first-order valence-corrected chi connectivity index (χ1v) is 5.04. The predicted octanol–water partition coefficient (Wildman–Crippen LogP) is 2.72. The summed E-state index contributed by atoms with van der Waals surface area (Å²) >= 11 is 0. The number of nitrogens with zero attached hydrogens (tertiary/aromatic N) is 2. The number of halogens is 2. The van der Waals surface area contributed by atoms with E-state index in [1.54, 1.807) is 4.68 Å². The fraction of sp³-hybridized carbons (Fsp3) is 0.364. The fourth-order valence-corrected chi connectivity index (χ4v) is 1.79. The second kappa shape index (κ2) is 3.02. The molecule has 4 heteroatoms. The molecule has 2 aromatic rings. The minimum Gasteiger partial charge on any atom is -0.264 e. The SMILES string of the molecule is Fc1cc(F)c2cnn(CC3CC3)c2c1. The van der Waals surface area contributed by atoms with Gasteiger partial charge in [-0.15, -0.1) is 0 Å².